The molecule has 0 spiro atoms. The maximum Gasteiger partial charge on any atom is 0.172 e. The fourth-order valence-corrected chi connectivity index (χ4v) is 3.41. The molecule has 0 bridgehead atoms. The molecule has 0 saturated heterocycles. The van der Waals surface area contributed by atoms with Crippen LogP contribution in [-0.2, 0) is 6.42 Å². The van der Waals surface area contributed by atoms with Crippen molar-refractivity contribution in [3.63, 3.8) is 0 Å². The molecule has 0 aliphatic carbocycles. The van der Waals surface area contributed by atoms with Crippen LogP contribution in [0.1, 0.15) is 27.7 Å². The Morgan fingerprint density at radius 2 is 1.68 bits per heavy atom. The first-order valence-electron chi connectivity index (χ1n) is 9.18. The van der Waals surface area contributed by atoms with Crippen molar-refractivity contribution in [1.82, 2.24) is 9.97 Å². The molecule has 1 atom stereocenters. The molecule has 2 aromatic carbocycles. The second-order valence-electron chi connectivity index (χ2n) is 6.58. The summed E-state index contributed by atoms with van der Waals surface area (Å²) in [5.74, 6) is 0.339. The van der Waals surface area contributed by atoms with Crippen LogP contribution in [0.25, 0.3) is 10.8 Å². The number of fused-ring (bicyclic) bond motifs is 1. The third kappa shape index (κ3) is 3.62. The third-order valence-electron chi connectivity index (χ3n) is 4.89. The molecule has 1 unspecified atom stereocenters. The van der Waals surface area contributed by atoms with Gasteiger partial charge in [-0.15, -0.1) is 0 Å². The molecule has 4 heteroatoms. The molecule has 4 rings (SSSR count). The van der Waals surface area contributed by atoms with Crippen LogP contribution in [-0.4, -0.2) is 22.9 Å². The summed E-state index contributed by atoms with van der Waals surface area (Å²) < 4.78 is 5.20. The molecule has 0 aliphatic rings. The van der Waals surface area contributed by atoms with E-state index in [0.29, 0.717) is 12.0 Å². The number of hydrogen-bond donors (Lipinski definition) is 0. The van der Waals surface area contributed by atoms with Gasteiger partial charge >= 0.3 is 0 Å². The molecular weight excluding hydrogens is 348 g/mol. The highest BCUT2D eigenvalue weighted by atomic mass is 16.5. The number of benzene rings is 2. The van der Waals surface area contributed by atoms with Gasteiger partial charge in [-0.3, -0.25) is 14.8 Å². The first-order valence-corrected chi connectivity index (χ1v) is 9.18. The van der Waals surface area contributed by atoms with Crippen molar-refractivity contribution in [2.75, 3.05) is 7.11 Å². The van der Waals surface area contributed by atoms with Crippen LogP contribution in [0.4, 0.5) is 0 Å². The van der Waals surface area contributed by atoms with Crippen LogP contribution in [0.5, 0.6) is 5.75 Å². The lowest BCUT2D eigenvalue weighted by molar-refractivity contribution is 0.0957. The standard InChI is InChI=1S/C24H20N2O2/c1-28-19-11-9-18(10-12-19)24(27)21(22-8-4-5-14-25-22)16-23-20-7-3-2-6-17(20)13-15-26-23/h2-15,21H,16H2,1H3. The maximum atomic E-state index is 13.4. The average molecular weight is 368 g/mol. The summed E-state index contributed by atoms with van der Waals surface area (Å²) in [4.78, 5) is 22.4. The van der Waals surface area contributed by atoms with Crippen molar-refractivity contribution in [2.45, 2.75) is 12.3 Å². The number of ether oxygens (including phenoxy) is 1. The summed E-state index contributed by atoms with van der Waals surface area (Å²) in [6, 6.07) is 23.0. The van der Waals surface area contributed by atoms with Gasteiger partial charge in [0.1, 0.15) is 5.75 Å². The fraction of sp³-hybridized carbons (Fsp3) is 0.125. The minimum absolute atomic E-state index is 0.0242. The zero-order chi connectivity index (χ0) is 19.3. The zero-order valence-electron chi connectivity index (χ0n) is 15.6. The van der Waals surface area contributed by atoms with Crippen LogP contribution in [0.3, 0.4) is 0 Å². The molecule has 4 aromatic rings. The second-order valence-corrected chi connectivity index (χ2v) is 6.58. The Bertz CT molecular complexity index is 1090. The predicted octanol–water partition coefficient (Wildman–Crippen LogP) is 4.85. The Morgan fingerprint density at radius 1 is 0.893 bits per heavy atom. The molecule has 2 heterocycles. The Labute approximate surface area is 163 Å². The quantitative estimate of drug-likeness (QED) is 0.457. The van der Waals surface area contributed by atoms with E-state index in [1.807, 2.05) is 42.5 Å². The number of hydrogen-bond acceptors (Lipinski definition) is 4. The van der Waals surface area contributed by atoms with Crippen molar-refractivity contribution in [3.05, 3.63) is 102 Å². The molecule has 0 saturated carbocycles. The Balaban J connectivity index is 1.74. The van der Waals surface area contributed by atoms with E-state index in [1.165, 1.54) is 0 Å². The fourth-order valence-electron chi connectivity index (χ4n) is 3.41. The highest BCUT2D eigenvalue weighted by Crippen LogP contribution is 2.27. The van der Waals surface area contributed by atoms with E-state index in [2.05, 4.69) is 16.0 Å². The van der Waals surface area contributed by atoms with Gasteiger partial charge in [0.25, 0.3) is 0 Å². The normalized spacial score (nSPS) is 11.9. The monoisotopic (exact) mass is 368 g/mol. The highest BCUT2D eigenvalue weighted by molar-refractivity contribution is 6.01. The van der Waals surface area contributed by atoms with Crippen LogP contribution in [0, 0.1) is 0 Å². The lowest BCUT2D eigenvalue weighted by atomic mass is 9.88. The summed E-state index contributed by atoms with van der Waals surface area (Å²) in [6.07, 6.45) is 4.01. The van der Waals surface area contributed by atoms with E-state index in [4.69, 9.17) is 4.74 Å². The van der Waals surface area contributed by atoms with Gasteiger partial charge in [-0.25, -0.2) is 0 Å². The number of aromatic nitrogens is 2. The van der Waals surface area contributed by atoms with Crippen molar-refractivity contribution in [3.8, 4) is 5.75 Å². The van der Waals surface area contributed by atoms with Crippen LogP contribution in [0.15, 0.2) is 85.2 Å². The van der Waals surface area contributed by atoms with E-state index in [0.717, 1.165) is 27.9 Å². The van der Waals surface area contributed by atoms with Crippen LogP contribution >= 0.6 is 0 Å². The first-order chi connectivity index (χ1) is 13.8. The van der Waals surface area contributed by atoms with Gasteiger partial charge in [0, 0.05) is 35.5 Å². The van der Waals surface area contributed by atoms with Crippen molar-refractivity contribution in [2.24, 2.45) is 0 Å². The van der Waals surface area contributed by atoms with Gasteiger partial charge in [-0.05, 0) is 47.9 Å². The third-order valence-corrected chi connectivity index (χ3v) is 4.89. The number of nitrogens with zero attached hydrogens (tertiary/aromatic N) is 2. The minimum Gasteiger partial charge on any atom is -0.497 e. The Hall–Kier alpha value is -3.53. The van der Waals surface area contributed by atoms with E-state index >= 15 is 0 Å². The van der Waals surface area contributed by atoms with Crippen molar-refractivity contribution >= 4 is 16.6 Å². The van der Waals surface area contributed by atoms with Crippen LogP contribution < -0.4 is 4.74 Å². The number of rotatable bonds is 6. The van der Waals surface area contributed by atoms with E-state index in [1.54, 1.807) is 43.8 Å². The van der Waals surface area contributed by atoms with Gasteiger partial charge in [0.05, 0.1) is 18.7 Å². The number of methoxy groups -OCH3 is 1. The van der Waals surface area contributed by atoms with Crippen molar-refractivity contribution < 1.29 is 9.53 Å². The molecule has 0 amide bonds. The molecule has 138 valence electrons. The number of Topliss-reactive ketones (excluding diaryl/α,β-unsaturated/α-hetero) is 1. The van der Waals surface area contributed by atoms with Gasteiger partial charge in [-0.2, -0.15) is 0 Å². The molecule has 0 aliphatic heterocycles. The van der Waals surface area contributed by atoms with E-state index < -0.39 is 5.92 Å². The average Bonchev–Trinajstić information content (AvgIpc) is 2.78. The van der Waals surface area contributed by atoms with Gasteiger partial charge < -0.3 is 4.74 Å². The molecule has 0 fully saturated rings. The second kappa shape index (κ2) is 8.01. The topological polar surface area (TPSA) is 52.1 Å². The summed E-state index contributed by atoms with van der Waals surface area (Å²) in [6.45, 7) is 0. The van der Waals surface area contributed by atoms with Gasteiger partial charge in [-0.1, -0.05) is 30.3 Å². The lowest BCUT2D eigenvalue weighted by Crippen LogP contribution is -2.17. The molecule has 4 nitrogen and oxygen atoms in total. The smallest absolute Gasteiger partial charge is 0.172 e. The Morgan fingerprint density at radius 3 is 2.43 bits per heavy atom. The van der Waals surface area contributed by atoms with E-state index in [-0.39, 0.29) is 5.78 Å². The van der Waals surface area contributed by atoms with E-state index in [9.17, 15) is 4.79 Å². The zero-order valence-corrected chi connectivity index (χ0v) is 15.6. The van der Waals surface area contributed by atoms with Crippen molar-refractivity contribution in [1.29, 1.82) is 0 Å². The molecular formula is C24H20N2O2. The minimum atomic E-state index is -0.409. The Kier molecular flexibility index (Phi) is 5.11. The van der Waals surface area contributed by atoms with Gasteiger partial charge in [0.15, 0.2) is 5.78 Å². The molecule has 0 N–H and O–H groups in total. The SMILES string of the molecule is COc1ccc(C(=O)C(Cc2nccc3ccccc23)c2ccccn2)cc1. The summed E-state index contributed by atoms with van der Waals surface area (Å²) >= 11 is 0. The maximum absolute atomic E-state index is 13.4. The number of carbonyl (C=O) groups is 1. The largest absolute Gasteiger partial charge is 0.497 e. The first kappa shape index (κ1) is 17.9. The number of carbonyl (C=O) groups excluding carboxylic acids is 1. The number of pyridine rings is 2. The number of ketones is 1. The molecule has 28 heavy (non-hydrogen) atoms. The predicted molar refractivity (Wildman–Crippen MR) is 110 cm³/mol. The summed E-state index contributed by atoms with van der Waals surface area (Å²) in [5.41, 5.74) is 2.28. The summed E-state index contributed by atoms with van der Waals surface area (Å²) in [7, 11) is 1.61. The van der Waals surface area contributed by atoms with Gasteiger partial charge in [0.2, 0.25) is 0 Å². The molecule has 2 aromatic heterocycles. The lowest BCUT2D eigenvalue weighted by Gasteiger charge is -2.16. The molecule has 0 radical (unpaired) electrons. The highest BCUT2D eigenvalue weighted by Gasteiger charge is 2.25. The van der Waals surface area contributed by atoms with Crippen LogP contribution in [0.2, 0.25) is 0 Å². The summed E-state index contributed by atoms with van der Waals surface area (Å²) in [5, 5.41) is 2.18.